The van der Waals surface area contributed by atoms with Gasteiger partial charge in [0.2, 0.25) is 0 Å². The first kappa shape index (κ1) is 19.3. The summed E-state index contributed by atoms with van der Waals surface area (Å²) in [5.74, 6) is -0.866. The number of hydrogen-bond acceptors (Lipinski definition) is 3. The van der Waals surface area contributed by atoms with Crippen LogP contribution >= 0.6 is 0 Å². The Hall–Kier alpha value is -2.43. The minimum Gasteiger partial charge on any atom is -0.328 e. The molecule has 0 N–H and O–H groups in total. The maximum absolute atomic E-state index is 13.4. The minimum atomic E-state index is -0.447. The molecule has 1 aromatic heterocycles. The van der Waals surface area contributed by atoms with Crippen LogP contribution in [0.5, 0.6) is 0 Å². The van der Waals surface area contributed by atoms with E-state index in [1.807, 2.05) is 37.3 Å². The van der Waals surface area contributed by atoms with Gasteiger partial charge in [0, 0.05) is 25.3 Å². The van der Waals surface area contributed by atoms with Crippen LogP contribution < -0.4 is 0 Å². The molecule has 0 saturated heterocycles. The molecular formula is C22H29N3O2. The number of benzene rings is 1. The Morgan fingerprint density at radius 3 is 2.41 bits per heavy atom. The molecule has 0 spiro atoms. The zero-order valence-corrected chi connectivity index (χ0v) is 17.0. The monoisotopic (exact) mass is 367 g/mol. The van der Waals surface area contributed by atoms with Gasteiger partial charge in [-0.25, -0.2) is 0 Å². The zero-order chi connectivity index (χ0) is 19.8. The lowest BCUT2D eigenvalue weighted by atomic mass is 9.85. The van der Waals surface area contributed by atoms with E-state index in [9.17, 15) is 9.59 Å². The predicted molar refractivity (Wildman–Crippen MR) is 105 cm³/mol. The fourth-order valence-corrected chi connectivity index (χ4v) is 4.33. The van der Waals surface area contributed by atoms with E-state index in [1.165, 1.54) is 0 Å². The number of hydrogen-bond donors (Lipinski definition) is 0. The molecule has 1 atom stereocenters. The lowest BCUT2D eigenvalue weighted by Gasteiger charge is -2.37. The van der Waals surface area contributed by atoms with E-state index in [-0.39, 0.29) is 11.5 Å². The van der Waals surface area contributed by atoms with Gasteiger partial charge >= 0.3 is 0 Å². The Morgan fingerprint density at radius 2 is 1.89 bits per heavy atom. The van der Waals surface area contributed by atoms with Crippen LogP contribution in [0.25, 0.3) is 0 Å². The van der Waals surface area contributed by atoms with Crippen molar-refractivity contribution in [2.45, 2.75) is 59.5 Å². The molecule has 0 unspecified atom stereocenters. The lowest BCUT2D eigenvalue weighted by molar-refractivity contribution is -0.131. The van der Waals surface area contributed by atoms with Crippen LogP contribution in [-0.4, -0.2) is 32.4 Å². The van der Waals surface area contributed by atoms with Gasteiger partial charge in [-0.2, -0.15) is 5.10 Å². The minimum absolute atomic E-state index is 0.00372. The van der Waals surface area contributed by atoms with Crippen LogP contribution in [0.3, 0.4) is 0 Å². The van der Waals surface area contributed by atoms with Crippen LogP contribution in [0.15, 0.2) is 30.3 Å². The number of amides is 1. The average molecular weight is 367 g/mol. The smallest absolute Gasteiger partial charge is 0.295 e. The second kappa shape index (κ2) is 7.29. The predicted octanol–water partition coefficient (Wildman–Crippen LogP) is 3.83. The summed E-state index contributed by atoms with van der Waals surface area (Å²) in [6, 6.07) is 9.97. The van der Waals surface area contributed by atoms with E-state index in [4.69, 9.17) is 0 Å². The largest absolute Gasteiger partial charge is 0.328 e. The first-order valence-corrected chi connectivity index (χ1v) is 9.62. The van der Waals surface area contributed by atoms with Crippen molar-refractivity contribution < 1.29 is 9.59 Å². The van der Waals surface area contributed by atoms with Gasteiger partial charge in [-0.1, -0.05) is 50.6 Å². The first-order valence-electron chi connectivity index (χ1n) is 9.62. The molecule has 2 aromatic rings. The number of aromatic nitrogens is 2. The number of rotatable bonds is 5. The SMILES string of the molecule is Cc1nn(C)c(C)c1C(=O)C(=O)N(Cc1ccccc1)[C@@H]1CCCC1(C)C. The second-order valence-electron chi connectivity index (χ2n) is 8.31. The molecule has 144 valence electrons. The topological polar surface area (TPSA) is 55.2 Å². The van der Waals surface area contributed by atoms with Crippen LogP contribution in [0, 0.1) is 19.3 Å². The quantitative estimate of drug-likeness (QED) is 0.596. The highest BCUT2D eigenvalue weighted by Gasteiger charge is 2.42. The van der Waals surface area contributed by atoms with Crippen molar-refractivity contribution in [2.24, 2.45) is 12.5 Å². The number of Topliss-reactive ketones (excluding diaryl/α,β-unsaturated/α-hetero) is 1. The van der Waals surface area contributed by atoms with E-state index in [0.29, 0.717) is 17.8 Å². The molecule has 1 heterocycles. The summed E-state index contributed by atoms with van der Waals surface area (Å²) in [4.78, 5) is 28.3. The maximum atomic E-state index is 13.4. The fourth-order valence-electron chi connectivity index (χ4n) is 4.33. The maximum Gasteiger partial charge on any atom is 0.295 e. The molecule has 27 heavy (non-hydrogen) atoms. The van der Waals surface area contributed by atoms with Crippen molar-refractivity contribution in [2.75, 3.05) is 0 Å². The zero-order valence-electron chi connectivity index (χ0n) is 17.0. The number of ketones is 1. The molecule has 3 rings (SSSR count). The van der Waals surface area contributed by atoms with Crippen LogP contribution in [-0.2, 0) is 18.4 Å². The van der Waals surface area contributed by atoms with Crippen molar-refractivity contribution in [1.82, 2.24) is 14.7 Å². The Morgan fingerprint density at radius 1 is 1.22 bits per heavy atom. The lowest BCUT2D eigenvalue weighted by Crippen LogP contribution is -2.48. The molecule has 1 aliphatic rings. The summed E-state index contributed by atoms with van der Waals surface area (Å²) in [5.41, 5.74) is 2.83. The molecule has 0 radical (unpaired) electrons. The van der Waals surface area contributed by atoms with Crippen molar-refractivity contribution in [3.63, 3.8) is 0 Å². The first-order chi connectivity index (χ1) is 12.7. The van der Waals surface area contributed by atoms with Gasteiger partial charge in [0.15, 0.2) is 0 Å². The molecule has 1 aliphatic carbocycles. The summed E-state index contributed by atoms with van der Waals surface area (Å²) in [6.07, 6.45) is 3.08. The van der Waals surface area contributed by atoms with Gasteiger partial charge < -0.3 is 4.90 Å². The third-order valence-corrected chi connectivity index (χ3v) is 5.96. The summed E-state index contributed by atoms with van der Waals surface area (Å²) >= 11 is 0. The van der Waals surface area contributed by atoms with E-state index in [0.717, 1.165) is 30.5 Å². The molecule has 1 fully saturated rings. The third-order valence-electron chi connectivity index (χ3n) is 5.96. The van der Waals surface area contributed by atoms with E-state index in [1.54, 1.807) is 23.6 Å². The van der Waals surface area contributed by atoms with Gasteiger partial charge in [0.1, 0.15) is 0 Å². The number of nitrogens with zero attached hydrogens (tertiary/aromatic N) is 3. The standard InChI is InChI=1S/C22H29N3O2/c1-15-19(16(2)24(5)23-15)20(26)21(27)25(14-17-10-7-6-8-11-17)18-12-9-13-22(18,3)4/h6-8,10-11,18H,9,12-14H2,1-5H3/t18-/m1/s1. The van der Waals surface area contributed by atoms with E-state index < -0.39 is 11.7 Å². The molecule has 1 saturated carbocycles. The molecule has 1 amide bonds. The summed E-state index contributed by atoms with van der Waals surface area (Å²) in [5, 5.41) is 4.31. The Bertz CT molecular complexity index is 852. The number of carbonyl (C=O) groups excluding carboxylic acids is 2. The Kier molecular flexibility index (Phi) is 5.22. The van der Waals surface area contributed by atoms with Crippen molar-refractivity contribution >= 4 is 11.7 Å². The number of aryl methyl sites for hydroxylation is 2. The third kappa shape index (κ3) is 3.68. The van der Waals surface area contributed by atoms with Gasteiger partial charge in [0.25, 0.3) is 11.7 Å². The van der Waals surface area contributed by atoms with Crippen molar-refractivity contribution in [3.8, 4) is 0 Å². The van der Waals surface area contributed by atoms with Gasteiger partial charge in [-0.05, 0) is 37.7 Å². The van der Waals surface area contributed by atoms with Gasteiger partial charge in [-0.3, -0.25) is 14.3 Å². The number of carbonyl (C=O) groups is 2. The summed E-state index contributed by atoms with van der Waals surface area (Å²) < 4.78 is 1.66. The summed E-state index contributed by atoms with van der Waals surface area (Å²) in [6.45, 7) is 8.47. The van der Waals surface area contributed by atoms with Gasteiger partial charge in [-0.15, -0.1) is 0 Å². The van der Waals surface area contributed by atoms with Crippen LogP contribution in [0.4, 0.5) is 0 Å². The highest BCUT2D eigenvalue weighted by molar-refractivity contribution is 6.43. The molecule has 5 nitrogen and oxygen atoms in total. The van der Waals surface area contributed by atoms with Crippen LogP contribution in [0.1, 0.15) is 60.4 Å². The highest BCUT2D eigenvalue weighted by Crippen LogP contribution is 2.41. The van der Waals surface area contributed by atoms with Crippen molar-refractivity contribution in [3.05, 3.63) is 52.8 Å². The van der Waals surface area contributed by atoms with E-state index >= 15 is 0 Å². The molecule has 1 aromatic carbocycles. The van der Waals surface area contributed by atoms with Crippen LogP contribution in [0.2, 0.25) is 0 Å². The molecule has 0 aliphatic heterocycles. The Labute approximate surface area is 161 Å². The highest BCUT2D eigenvalue weighted by atomic mass is 16.2. The normalized spacial score (nSPS) is 18.5. The van der Waals surface area contributed by atoms with Gasteiger partial charge in [0.05, 0.1) is 11.3 Å². The Balaban J connectivity index is 1.96. The molecule has 5 heteroatoms. The molecule has 0 bridgehead atoms. The average Bonchev–Trinajstić information content (AvgIpc) is 3.10. The fraction of sp³-hybridized carbons (Fsp3) is 0.500. The van der Waals surface area contributed by atoms with Crippen molar-refractivity contribution in [1.29, 1.82) is 0 Å². The van der Waals surface area contributed by atoms with E-state index in [2.05, 4.69) is 18.9 Å². The summed E-state index contributed by atoms with van der Waals surface area (Å²) in [7, 11) is 1.80. The molecular weight excluding hydrogens is 338 g/mol. The second-order valence-corrected chi connectivity index (χ2v) is 8.31.